The highest BCUT2D eigenvalue weighted by Crippen LogP contribution is 2.25. The van der Waals surface area contributed by atoms with Crippen LogP contribution in [0.4, 0.5) is 0 Å². The number of Topliss-reactive ketones (excluding diaryl/α,β-unsaturated/α-hetero) is 1. The van der Waals surface area contributed by atoms with E-state index >= 15 is 0 Å². The summed E-state index contributed by atoms with van der Waals surface area (Å²) in [7, 11) is 0. The van der Waals surface area contributed by atoms with Crippen LogP contribution >= 0.6 is 27.5 Å². The lowest BCUT2D eigenvalue weighted by Gasteiger charge is -2.03. The lowest BCUT2D eigenvalue weighted by molar-refractivity contribution is 0.101. The van der Waals surface area contributed by atoms with E-state index in [1.807, 2.05) is 6.92 Å². The third-order valence-electron chi connectivity index (χ3n) is 1.69. The second-order valence-corrected chi connectivity index (χ2v) is 3.88. The minimum absolute atomic E-state index is 0.0256. The number of rotatable bonds is 1. The summed E-state index contributed by atoms with van der Waals surface area (Å²) in [5.74, 6) is 0.0256. The lowest BCUT2D eigenvalue weighted by atomic mass is 10.1. The molecule has 1 aromatic carbocycles. The Morgan fingerprint density at radius 1 is 1.50 bits per heavy atom. The maximum atomic E-state index is 11.0. The fraction of sp³-hybridized carbons (Fsp3) is 0.222. The summed E-state index contributed by atoms with van der Waals surface area (Å²) in [6.07, 6.45) is 0. The number of ketones is 1. The summed E-state index contributed by atoms with van der Waals surface area (Å²) in [5, 5.41) is 0.620. The van der Waals surface area contributed by atoms with Crippen LogP contribution in [0.1, 0.15) is 22.8 Å². The van der Waals surface area contributed by atoms with Crippen molar-refractivity contribution in [1.29, 1.82) is 0 Å². The van der Waals surface area contributed by atoms with Crippen LogP contribution in [0.25, 0.3) is 0 Å². The van der Waals surface area contributed by atoms with E-state index in [-0.39, 0.29) is 5.78 Å². The number of hydrogen-bond acceptors (Lipinski definition) is 1. The molecule has 0 amide bonds. The van der Waals surface area contributed by atoms with E-state index in [9.17, 15) is 4.79 Å². The molecule has 1 nitrogen and oxygen atoms in total. The standard InChI is InChI=1S/C9H8BrClO/c1-5-8(10)3-7(6(2)12)4-9(5)11/h3-4H,1-2H3. The van der Waals surface area contributed by atoms with Crippen LogP contribution < -0.4 is 0 Å². The van der Waals surface area contributed by atoms with E-state index in [0.717, 1.165) is 10.0 Å². The fourth-order valence-electron chi connectivity index (χ4n) is 0.849. The molecule has 64 valence electrons. The Kier molecular flexibility index (Phi) is 2.91. The highest BCUT2D eigenvalue weighted by Gasteiger charge is 2.05. The molecule has 0 saturated carbocycles. The van der Waals surface area contributed by atoms with Gasteiger partial charge in [0.1, 0.15) is 0 Å². The van der Waals surface area contributed by atoms with Crippen LogP contribution in [-0.4, -0.2) is 5.78 Å². The molecule has 0 aliphatic rings. The molecule has 0 aliphatic heterocycles. The van der Waals surface area contributed by atoms with Crippen molar-refractivity contribution < 1.29 is 4.79 Å². The number of carbonyl (C=O) groups excluding carboxylic acids is 1. The van der Waals surface area contributed by atoms with Crippen LogP contribution in [0.5, 0.6) is 0 Å². The Morgan fingerprint density at radius 2 is 2.08 bits per heavy atom. The Labute approximate surface area is 84.9 Å². The van der Waals surface area contributed by atoms with Gasteiger partial charge in [0, 0.05) is 15.1 Å². The van der Waals surface area contributed by atoms with Crippen molar-refractivity contribution in [2.24, 2.45) is 0 Å². The van der Waals surface area contributed by atoms with E-state index in [0.29, 0.717) is 10.6 Å². The molecular formula is C9H8BrClO. The van der Waals surface area contributed by atoms with Gasteiger partial charge >= 0.3 is 0 Å². The Morgan fingerprint density at radius 3 is 2.50 bits per heavy atom. The highest BCUT2D eigenvalue weighted by molar-refractivity contribution is 9.10. The SMILES string of the molecule is CC(=O)c1cc(Cl)c(C)c(Br)c1. The zero-order chi connectivity index (χ0) is 9.30. The van der Waals surface area contributed by atoms with E-state index in [2.05, 4.69) is 15.9 Å². The first kappa shape index (κ1) is 9.75. The van der Waals surface area contributed by atoms with Crippen molar-refractivity contribution in [1.82, 2.24) is 0 Å². The molecule has 12 heavy (non-hydrogen) atoms. The van der Waals surface area contributed by atoms with Gasteiger partial charge in [-0.15, -0.1) is 0 Å². The van der Waals surface area contributed by atoms with Gasteiger partial charge in [-0.3, -0.25) is 4.79 Å². The summed E-state index contributed by atoms with van der Waals surface area (Å²) in [5.41, 5.74) is 1.60. The first-order valence-corrected chi connectivity index (χ1v) is 4.66. The zero-order valence-electron chi connectivity index (χ0n) is 6.82. The van der Waals surface area contributed by atoms with Crippen LogP contribution in [0, 0.1) is 6.92 Å². The van der Waals surface area contributed by atoms with Crippen molar-refractivity contribution in [3.05, 3.63) is 32.8 Å². The zero-order valence-corrected chi connectivity index (χ0v) is 9.16. The molecule has 0 aromatic heterocycles. The third kappa shape index (κ3) is 1.87. The summed E-state index contributed by atoms with van der Waals surface area (Å²) >= 11 is 9.21. The molecule has 0 radical (unpaired) electrons. The average Bonchev–Trinajstić information content (AvgIpc) is 1.99. The monoisotopic (exact) mass is 246 g/mol. The van der Waals surface area contributed by atoms with Crippen molar-refractivity contribution >= 4 is 33.3 Å². The molecule has 3 heteroatoms. The molecular weight excluding hydrogens is 239 g/mol. The van der Waals surface area contributed by atoms with Gasteiger partial charge in [0.2, 0.25) is 0 Å². The van der Waals surface area contributed by atoms with E-state index in [1.54, 1.807) is 12.1 Å². The number of benzene rings is 1. The molecule has 0 aliphatic carbocycles. The second kappa shape index (κ2) is 3.58. The maximum Gasteiger partial charge on any atom is 0.159 e. The molecule has 0 atom stereocenters. The van der Waals surface area contributed by atoms with Crippen molar-refractivity contribution in [3.8, 4) is 0 Å². The molecule has 0 heterocycles. The minimum atomic E-state index is 0.0256. The van der Waals surface area contributed by atoms with E-state index in [4.69, 9.17) is 11.6 Å². The summed E-state index contributed by atoms with van der Waals surface area (Å²) in [6.45, 7) is 3.42. The largest absolute Gasteiger partial charge is 0.295 e. The van der Waals surface area contributed by atoms with Gasteiger partial charge in [-0.2, -0.15) is 0 Å². The normalized spacial score (nSPS) is 10.0. The molecule has 0 bridgehead atoms. The summed E-state index contributed by atoms with van der Waals surface area (Å²) < 4.78 is 0.875. The van der Waals surface area contributed by atoms with Gasteiger partial charge < -0.3 is 0 Å². The average molecular weight is 248 g/mol. The van der Waals surface area contributed by atoms with Gasteiger partial charge in [-0.25, -0.2) is 0 Å². The third-order valence-corrected chi connectivity index (χ3v) is 2.90. The van der Waals surface area contributed by atoms with Crippen molar-refractivity contribution in [2.75, 3.05) is 0 Å². The van der Waals surface area contributed by atoms with Crippen molar-refractivity contribution in [2.45, 2.75) is 13.8 Å². The number of halogens is 2. The van der Waals surface area contributed by atoms with E-state index < -0.39 is 0 Å². The Bertz CT molecular complexity index is 310. The summed E-state index contributed by atoms with van der Waals surface area (Å²) in [6, 6.07) is 3.47. The first-order valence-electron chi connectivity index (χ1n) is 3.49. The van der Waals surface area contributed by atoms with Crippen LogP contribution in [0.3, 0.4) is 0 Å². The van der Waals surface area contributed by atoms with Crippen LogP contribution in [0.15, 0.2) is 16.6 Å². The Balaban J connectivity index is 3.31. The molecule has 0 unspecified atom stereocenters. The van der Waals surface area contributed by atoms with Crippen LogP contribution in [0.2, 0.25) is 5.02 Å². The van der Waals surface area contributed by atoms with Crippen molar-refractivity contribution in [3.63, 3.8) is 0 Å². The van der Waals surface area contributed by atoms with Gasteiger partial charge in [0.25, 0.3) is 0 Å². The molecule has 0 spiro atoms. The smallest absolute Gasteiger partial charge is 0.159 e. The fourth-order valence-corrected chi connectivity index (χ4v) is 1.64. The first-order chi connectivity index (χ1) is 5.52. The molecule has 1 rings (SSSR count). The molecule has 1 aromatic rings. The second-order valence-electron chi connectivity index (χ2n) is 2.62. The van der Waals surface area contributed by atoms with Gasteiger partial charge in [0.15, 0.2) is 5.78 Å². The highest BCUT2D eigenvalue weighted by atomic mass is 79.9. The van der Waals surface area contributed by atoms with Crippen LogP contribution in [-0.2, 0) is 0 Å². The lowest BCUT2D eigenvalue weighted by Crippen LogP contribution is -1.93. The molecule has 0 N–H and O–H groups in total. The number of hydrogen-bond donors (Lipinski definition) is 0. The maximum absolute atomic E-state index is 11.0. The quantitative estimate of drug-likeness (QED) is 0.693. The Hall–Kier alpha value is -0.340. The van der Waals surface area contributed by atoms with Gasteiger partial charge in [-0.1, -0.05) is 27.5 Å². The minimum Gasteiger partial charge on any atom is -0.295 e. The predicted molar refractivity (Wildman–Crippen MR) is 53.9 cm³/mol. The molecule has 0 fully saturated rings. The van der Waals surface area contributed by atoms with Gasteiger partial charge in [-0.05, 0) is 31.5 Å². The predicted octanol–water partition coefficient (Wildman–Crippen LogP) is 3.61. The summed E-state index contributed by atoms with van der Waals surface area (Å²) in [4.78, 5) is 11.0. The topological polar surface area (TPSA) is 17.1 Å². The van der Waals surface area contributed by atoms with E-state index in [1.165, 1.54) is 6.92 Å². The molecule has 0 saturated heterocycles. The number of carbonyl (C=O) groups is 1. The van der Waals surface area contributed by atoms with Gasteiger partial charge in [0.05, 0.1) is 0 Å².